The van der Waals surface area contributed by atoms with Crippen molar-refractivity contribution in [2.24, 2.45) is 5.41 Å². The number of ether oxygens (including phenoxy) is 1. The Bertz CT molecular complexity index is 286. The monoisotopic (exact) mass is 245 g/mol. The third-order valence-corrected chi connectivity index (χ3v) is 2.03. The summed E-state index contributed by atoms with van der Waals surface area (Å²) < 4.78 is 5.75. The van der Waals surface area contributed by atoms with Crippen molar-refractivity contribution < 1.29 is 23.9 Å². The minimum atomic E-state index is -1.20. The Morgan fingerprint density at radius 1 is 1.24 bits per heavy atom. The Morgan fingerprint density at radius 2 is 1.71 bits per heavy atom. The number of carboxylic acids is 1. The largest absolute Gasteiger partial charge is 0.550 e. The third-order valence-electron chi connectivity index (χ3n) is 2.03. The number of aliphatic carboxylic acids is 1. The minimum Gasteiger partial charge on any atom is -0.550 e. The molecule has 0 rings (SSSR count). The summed E-state index contributed by atoms with van der Waals surface area (Å²) in [4.78, 5) is 22.3. The van der Waals surface area contributed by atoms with Crippen LogP contribution in [0.25, 0.3) is 0 Å². The molecule has 5 nitrogen and oxygen atoms in total. The van der Waals surface area contributed by atoms with Gasteiger partial charge in [-0.3, -0.25) is 4.79 Å². The maximum atomic E-state index is 11.7. The summed E-state index contributed by atoms with van der Waals surface area (Å²) in [6.45, 7) is 5.64. The van der Waals surface area contributed by atoms with Crippen LogP contribution in [0.3, 0.4) is 0 Å². The number of quaternary nitrogens is 1. The van der Waals surface area contributed by atoms with Gasteiger partial charge in [0.15, 0.2) is 6.10 Å². The second kappa shape index (κ2) is 5.49. The van der Waals surface area contributed by atoms with Crippen LogP contribution in [-0.2, 0) is 14.3 Å². The number of carbonyl (C=O) groups excluding carboxylic acids is 2. The number of hydrogen-bond acceptors (Lipinski definition) is 4. The highest BCUT2D eigenvalue weighted by Crippen LogP contribution is 2.18. The van der Waals surface area contributed by atoms with Gasteiger partial charge in [-0.25, -0.2) is 0 Å². The average Bonchev–Trinajstić information content (AvgIpc) is 1.96. The zero-order valence-corrected chi connectivity index (χ0v) is 11.6. The molecule has 0 N–H and O–H groups in total. The standard InChI is InChI=1S/C12H23NO4/c1-12(2,3)11(16)17-9(7-10(14)15)8-13(4,5)6/h9H,7-8H2,1-6H3/t9-/m1/s1. The molecule has 5 heteroatoms. The van der Waals surface area contributed by atoms with E-state index in [1.807, 2.05) is 21.1 Å². The molecule has 0 saturated carbocycles. The van der Waals surface area contributed by atoms with Crippen LogP contribution in [0.2, 0.25) is 0 Å². The summed E-state index contributed by atoms with van der Waals surface area (Å²) in [5.74, 6) is -1.60. The molecule has 0 heterocycles. The van der Waals surface area contributed by atoms with Crippen LogP contribution >= 0.6 is 0 Å². The van der Waals surface area contributed by atoms with Crippen LogP contribution < -0.4 is 5.11 Å². The predicted molar refractivity (Wildman–Crippen MR) is 61.9 cm³/mol. The van der Waals surface area contributed by atoms with Crippen molar-refractivity contribution in [2.45, 2.75) is 33.3 Å². The first-order valence-corrected chi connectivity index (χ1v) is 5.63. The van der Waals surface area contributed by atoms with Crippen molar-refractivity contribution in [3.05, 3.63) is 0 Å². The Morgan fingerprint density at radius 3 is 2.00 bits per heavy atom. The molecule has 0 saturated heterocycles. The maximum Gasteiger partial charge on any atom is 0.311 e. The van der Waals surface area contributed by atoms with E-state index < -0.39 is 23.5 Å². The van der Waals surface area contributed by atoms with Gasteiger partial charge in [0.05, 0.1) is 26.6 Å². The SMILES string of the molecule is CC(C)(C)C(=O)O[C@H](CC(=O)[O-])C[N+](C)(C)C. The highest BCUT2D eigenvalue weighted by Gasteiger charge is 2.29. The number of nitrogens with zero attached hydrogens (tertiary/aromatic N) is 1. The van der Waals surface area contributed by atoms with Gasteiger partial charge in [-0.1, -0.05) is 0 Å². The van der Waals surface area contributed by atoms with Gasteiger partial charge in [0.2, 0.25) is 0 Å². The first-order valence-electron chi connectivity index (χ1n) is 5.63. The molecule has 0 aromatic rings. The van der Waals surface area contributed by atoms with Gasteiger partial charge in [-0.15, -0.1) is 0 Å². The number of esters is 1. The molecule has 100 valence electrons. The van der Waals surface area contributed by atoms with Crippen LogP contribution in [0.15, 0.2) is 0 Å². The fraction of sp³-hybridized carbons (Fsp3) is 0.833. The lowest BCUT2D eigenvalue weighted by Crippen LogP contribution is -2.46. The van der Waals surface area contributed by atoms with Gasteiger partial charge in [0.1, 0.15) is 6.54 Å². The minimum absolute atomic E-state index is 0.267. The predicted octanol–water partition coefficient (Wildman–Crippen LogP) is -0.209. The number of carbonyl (C=O) groups is 2. The average molecular weight is 245 g/mol. The van der Waals surface area contributed by atoms with Crippen molar-refractivity contribution in [1.82, 2.24) is 0 Å². The highest BCUT2D eigenvalue weighted by molar-refractivity contribution is 5.76. The smallest absolute Gasteiger partial charge is 0.311 e. The summed E-state index contributed by atoms with van der Waals surface area (Å²) in [5, 5.41) is 10.6. The quantitative estimate of drug-likeness (QED) is 0.496. The summed E-state index contributed by atoms with van der Waals surface area (Å²) in [6, 6.07) is 0. The van der Waals surface area contributed by atoms with Crippen LogP contribution in [0.1, 0.15) is 27.2 Å². The number of rotatable bonds is 5. The lowest BCUT2D eigenvalue weighted by atomic mass is 9.97. The van der Waals surface area contributed by atoms with Gasteiger partial charge in [0.25, 0.3) is 0 Å². The lowest BCUT2D eigenvalue weighted by Gasteiger charge is -2.30. The first kappa shape index (κ1) is 15.9. The summed E-state index contributed by atoms with van der Waals surface area (Å²) in [7, 11) is 5.73. The molecular formula is C12H23NO4. The third kappa shape index (κ3) is 7.74. The van der Waals surface area contributed by atoms with Gasteiger partial charge >= 0.3 is 5.97 Å². The van der Waals surface area contributed by atoms with Crippen LogP contribution in [0.5, 0.6) is 0 Å². The van der Waals surface area contributed by atoms with Crippen molar-refractivity contribution in [3.63, 3.8) is 0 Å². The molecule has 0 amide bonds. The molecule has 0 radical (unpaired) electrons. The van der Waals surface area contributed by atoms with Gasteiger partial charge < -0.3 is 19.1 Å². The van der Waals surface area contributed by atoms with Gasteiger partial charge in [-0.2, -0.15) is 0 Å². The number of carboxylic acid groups (broad SMARTS) is 1. The molecule has 0 aliphatic carbocycles. The molecular weight excluding hydrogens is 222 g/mol. The maximum absolute atomic E-state index is 11.7. The van der Waals surface area contributed by atoms with Crippen LogP contribution in [-0.4, -0.2) is 50.2 Å². The van der Waals surface area contributed by atoms with E-state index in [1.165, 1.54) is 0 Å². The van der Waals surface area contributed by atoms with E-state index in [0.29, 0.717) is 11.0 Å². The van der Waals surface area contributed by atoms with Crippen molar-refractivity contribution >= 4 is 11.9 Å². The summed E-state index contributed by atoms with van der Waals surface area (Å²) in [6.07, 6.45) is -0.913. The van der Waals surface area contributed by atoms with Crippen molar-refractivity contribution in [2.75, 3.05) is 27.7 Å². The lowest BCUT2D eigenvalue weighted by molar-refractivity contribution is -0.873. The Balaban J connectivity index is 4.60. The zero-order valence-electron chi connectivity index (χ0n) is 11.6. The molecule has 0 aliphatic heterocycles. The van der Waals surface area contributed by atoms with Gasteiger partial charge in [-0.05, 0) is 20.8 Å². The second-order valence-electron chi connectivity index (χ2n) is 6.33. The number of hydrogen-bond donors (Lipinski definition) is 0. The van der Waals surface area contributed by atoms with Crippen LogP contribution in [0, 0.1) is 5.41 Å². The van der Waals surface area contributed by atoms with E-state index >= 15 is 0 Å². The first-order chi connectivity index (χ1) is 7.42. The fourth-order valence-corrected chi connectivity index (χ4v) is 1.27. The van der Waals surface area contributed by atoms with E-state index in [9.17, 15) is 14.7 Å². The zero-order chi connectivity index (χ0) is 13.9. The van der Waals surface area contributed by atoms with Gasteiger partial charge in [0, 0.05) is 12.4 Å². The Hall–Kier alpha value is -1.10. The van der Waals surface area contributed by atoms with Crippen molar-refractivity contribution in [1.29, 1.82) is 0 Å². The molecule has 0 spiro atoms. The van der Waals surface area contributed by atoms with E-state index in [1.54, 1.807) is 20.8 Å². The molecule has 17 heavy (non-hydrogen) atoms. The summed E-state index contributed by atoms with van der Waals surface area (Å²) >= 11 is 0. The molecule has 0 aromatic carbocycles. The van der Waals surface area contributed by atoms with Crippen LogP contribution in [0.4, 0.5) is 0 Å². The molecule has 0 fully saturated rings. The normalized spacial score (nSPS) is 14.2. The van der Waals surface area contributed by atoms with Crippen molar-refractivity contribution in [3.8, 4) is 0 Å². The molecule has 1 atom stereocenters. The molecule has 0 aliphatic rings. The Labute approximate surface area is 103 Å². The van der Waals surface area contributed by atoms with E-state index in [2.05, 4.69) is 0 Å². The van der Waals surface area contributed by atoms with E-state index in [4.69, 9.17) is 4.74 Å². The molecule has 0 unspecified atom stereocenters. The number of likely N-dealkylation sites (N-methyl/N-ethyl adjacent to an activating group) is 1. The molecule has 0 bridgehead atoms. The molecule has 0 aromatic heterocycles. The fourth-order valence-electron chi connectivity index (χ4n) is 1.27. The highest BCUT2D eigenvalue weighted by atomic mass is 16.5. The Kier molecular flexibility index (Phi) is 5.13. The summed E-state index contributed by atoms with van der Waals surface area (Å²) in [5.41, 5.74) is -0.630. The van der Waals surface area contributed by atoms with E-state index in [-0.39, 0.29) is 6.42 Å². The second-order valence-corrected chi connectivity index (χ2v) is 6.33. The topological polar surface area (TPSA) is 66.4 Å². The van der Waals surface area contributed by atoms with E-state index in [0.717, 1.165) is 0 Å².